The van der Waals surface area contributed by atoms with E-state index in [1.165, 1.54) is 11.8 Å². The molecule has 0 bridgehead atoms. The van der Waals surface area contributed by atoms with Crippen molar-refractivity contribution >= 4 is 35.0 Å². The van der Waals surface area contributed by atoms with Gasteiger partial charge in [-0.3, -0.25) is 0 Å². The molecule has 0 aliphatic heterocycles. The standard InChI is InChI=1S/C13H16N6OS2/c1-9-8-10(22-13-15-4-3-5-16-13)18-11(17-9)19-12(21)14-6-7-20-2/h3-5,8H,6-7H2,1-2H3,(H2,14,17,18,19,21). The number of hydrogen-bond acceptors (Lipinski definition) is 7. The molecular weight excluding hydrogens is 320 g/mol. The van der Waals surface area contributed by atoms with Crippen LogP contribution in [0.25, 0.3) is 0 Å². The molecule has 0 amide bonds. The third-order valence-corrected chi connectivity index (χ3v) is 3.44. The first kappa shape index (κ1) is 16.5. The summed E-state index contributed by atoms with van der Waals surface area (Å²) in [7, 11) is 1.64. The van der Waals surface area contributed by atoms with Crippen LogP contribution < -0.4 is 10.6 Å². The van der Waals surface area contributed by atoms with Gasteiger partial charge < -0.3 is 15.4 Å². The summed E-state index contributed by atoms with van der Waals surface area (Å²) in [4.78, 5) is 17.0. The molecule has 116 valence electrons. The number of hydrogen-bond donors (Lipinski definition) is 2. The molecule has 2 rings (SSSR count). The van der Waals surface area contributed by atoms with E-state index < -0.39 is 0 Å². The highest BCUT2D eigenvalue weighted by Crippen LogP contribution is 2.23. The van der Waals surface area contributed by atoms with Gasteiger partial charge in [0.05, 0.1) is 6.61 Å². The molecular formula is C13H16N6OS2. The average molecular weight is 336 g/mol. The van der Waals surface area contributed by atoms with E-state index in [0.29, 0.717) is 29.4 Å². The Morgan fingerprint density at radius 1 is 1.32 bits per heavy atom. The highest BCUT2D eigenvalue weighted by Gasteiger charge is 2.07. The first-order valence-electron chi connectivity index (χ1n) is 6.51. The fraction of sp³-hybridized carbons (Fsp3) is 0.308. The van der Waals surface area contributed by atoms with Gasteiger partial charge in [-0.15, -0.1) is 0 Å². The summed E-state index contributed by atoms with van der Waals surface area (Å²) in [6.07, 6.45) is 3.38. The molecule has 2 N–H and O–H groups in total. The molecule has 0 unspecified atom stereocenters. The topological polar surface area (TPSA) is 84.9 Å². The zero-order chi connectivity index (χ0) is 15.8. The second kappa shape index (κ2) is 8.57. The number of aromatic nitrogens is 4. The summed E-state index contributed by atoms with van der Waals surface area (Å²) in [5, 5.41) is 7.80. The van der Waals surface area contributed by atoms with Crippen LogP contribution in [0, 0.1) is 6.92 Å². The Labute approximate surface area is 138 Å². The minimum Gasteiger partial charge on any atom is -0.383 e. The molecule has 22 heavy (non-hydrogen) atoms. The van der Waals surface area contributed by atoms with Crippen LogP contribution in [0.2, 0.25) is 0 Å². The van der Waals surface area contributed by atoms with Crippen LogP contribution in [0.1, 0.15) is 5.69 Å². The molecule has 2 heterocycles. The molecule has 2 aromatic rings. The maximum Gasteiger partial charge on any atom is 0.230 e. The van der Waals surface area contributed by atoms with E-state index in [-0.39, 0.29) is 0 Å². The van der Waals surface area contributed by atoms with Crippen molar-refractivity contribution in [3.05, 3.63) is 30.2 Å². The Morgan fingerprint density at radius 2 is 2.09 bits per heavy atom. The maximum absolute atomic E-state index is 5.18. The Hall–Kier alpha value is -1.84. The van der Waals surface area contributed by atoms with Crippen LogP contribution in [0.15, 0.2) is 34.7 Å². The Balaban J connectivity index is 2.02. The Bertz CT molecular complexity index is 625. The number of ether oxygens (including phenoxy) is 1. The van der Waals surface area contributed by atoms with Crippen LogP contribution in [0.3, 0.4) is 0 Å². The van der Waals surface area contributed by atoms with E-state index in [2.05, 4.69) is 30.6 Å². The van der Waals surface area contributed by atoms with E-state index >= 15 is 0 Å². The fourth-order valence-electron chi connectivity index (χ4n) is 1.49. The van der Waals surface area contributed by atoms with Crippen molar-refractivity contribution in [1.29, 1.82) is 0 Å². The second-order valence-corrected chi connectivity index (χ2v) is 5.57. The second-order valence-electron chi connectivity index (χ2n) is 4.18. The number of anilines is 1. The molecule has 0 aliphatic carbocycles. The largest absolute Gasteiger partial charge is 0.383 e. The third kappa shape index (κ3) is 5.51. The number of nitrogens with zero attached hydrogens (tertiary/aromatic N) is 4. The summed E-state index contributed by atoms with van der Waals surface area (Å²) in [6.45, 7) is 3.08. The van der Waals surface area contributed by atoms with Crippen LogP contribution in [-0.2, 0) is 4.74 Å². The number of nitrogens with one attached hydrogen (secondary N) is 2. The predicted octanol–water partition coefficient (Wildman–Crippen LogP) is 1.66. The van der Waals surface area contributed by atoms with Gasteiger partial charge in [-0.1, -0.05) is 0 Å². The van der Waals surface area contributed by atoms with Crippen LogP contribution >= 0.6 is 24.0 Å². The minimum atomic E-state index is 0.438. The van der Waals surface area contributed by atoms with Gasteiger partial charge >= 0.3 is 0 Å². The van der Waals surface area contributed by atoms with Gasteiger partial charge in [-0.05, 0) is 43.0 Å². The van der Waals surface area contributed by atoms with Gasteiger partial charge in [0.2, 0.25) is 5.95 Å². The molecule has 0 saturated heterocycles. The molecule has 7 nitrogen and oxygen atoms in total. The number of aryl methyl sites for hydroxylation is 1. The van der Waals surface area contributed by atoms with Gasteiger partial charge in [-0.25, -0.2) is 19.9 Å². The lowest BCUT2D eigenvalue weighted by atomic mass is 10.5. The highest BCUT2D eigenvalue weighted by molar-refractivity contribution is 7.99. The molecule has 0 atom stereocenters. The first-order valence-corrected chi connectivity index (χ1v) is 7.74. The summed E-state index contributed by atoms with van der Waals surface area (Å²) >= 11 is 6.54. The van der Waals surface area contributed by atoms with Crippen molar-refractivity contribution in [2.75, 3.05) is 25.6 Å². The van der Waals surface area contributed by atoms with Crippen molar-refractivity contribution in [2.24, 2.45) is 0 Å². The van der Waals surface area contributed by atoms with E-state index in [1.807, 2.05) is 13.0 Å². The van der Waals surface area contributed by atoms with E-state index in [0.717, 1.165) is 10.7 Å². The van der Waals surface area contributed by atoms with Gasteiger partial charge in [0.15, 0.2) is 10.3 Å². The minimum absolute atomic E-state index is 0.438. The van der Waals surface area contributed by atoms with Gasteiger partial charge in [0.25, 0.3) is 0 Å². The summed E-state index contributed by atoms with van der Waals surface area (Å²) in [5.41, 5.74) is 0.829. The molecule has 0 radical (unpaired) electrons. The zero-order valence-corrected chi connectivity index (χ0v) is 13.9. The average Bonchev–Trinajstić information content (AvgIpc) is 2.48. The van der Waals surface area contributed by atoms with Crippen molar-refractivity contribution in [1.82, 2.24) is 25.3 Å². The molecule has 0 saturated carbocycles. The smallest absolute Gasteiger partial charge is 0.230 e. The lowest BCUT2D eigenvalue weighted by molar-refractivity contribution is 0.204. The van der Waals surface area contributed by atoms with Gasteiger partial charge in [0, 0.05) is 31.7 Å². The molecule has 9 heteroatoms. The fourth-order valence-corrected chi connectivity index (χ4v) is 2.46. The van der Waals surface area contributed by atoms with Crippen molar-refractivity contribution < 1.29 is 4.74 Å². The SMILES string of the molecule is COCCNC(=S)Nc1nc(C)cc(Sc2ncccn2)n1. The predicted molar refractivity (Wildman–Crippen MR) is 89.0 cm³/mol. The number of methoxy groups -OCH3 is 1. The summed E-state index contributed by atoms with van der Waals surface area (Å²) < 4.78 is 4.95. The molecule has 0 aromatic carbocycles. The highest BCUT2D eigenvalue weighted by atomic mass is 32.2. The van der Waals surface area contributed by atoms with E-state index in [9.17, 15) is 0 Å². The maximum atomic E-state index is 5.18. The lowest BCUT2D eigenvalue weighted by Gasteiger charge is -2.10. The molecule has 2 aromatic heterocycles. The number of rotatable bonds is 6. The number of thiocarbonyl (C=S) groups is 1. The van der Waals surface area contributed by atoms with E-state index in [4.69, 9.17) is 17.0 Å². The molecule has 0 spiro atoms. The van der Waals surface area contributed by atoms with Gasteiger partial charge in [0.1, 0.15) is 5.03 Å². The van der Waals surface area contributed by atoms with Crippen molar-refractivity contribution in [3.63, 3.8) is 0 Å². The third-order valence-electron chi connectivity index (χ3n) is 2.39. The van der Waals surface area contributed by atoms with Crippen LogP contribution in [0.4, 0.5) is 5.95 Å². The normalized spacial score (nSPS) is 10.3. The Kier molecular flexibility index (Phi) is 6.44. The van der Waals surface area contributed by atoms with E-state index in [1.54, 1.807) is 25.6 Å². The van der Waals surface area contributed by atoms with Crippen LogP contribution in [-0.4, -0.2) is 45.3 Å². The van der Waals surface area contributed by atoms with Crippen molar-refractivity contribution in [3.8, 4) is 0 Å². The zero-order valence-electron chi connectivity index (χ0n) is 12.2. The van der Waals surface area contributed by atoms with Crippen LogP contribution in [0.5, 0.6) is 0 Å². The Morgan fingerprint density at radius 3 is 2.82 bits per heavy atom. The monoisotopic (exact) mass is 336 g/mol. The summed E-state index contributed by atoms with van der Waals surface area (Å²) in [6, 6.07) is 3.64. The lowest BCUT2D eigenvalue weighted by Crippen LogP contribution is -2.31. The van der Waals surface area contributed by atoms with Crippen molar-refractivity contribution in [2.45, 2.75) is 17.1 Å². The van der Waals surface area contributed by atoms with Gasteiger partial charge in [-0.2, -0.15) is 0 Å². The summed E-state index contributed by atoms with van der Waals surface area (Å²) in [5.74, 6) is 0.438. The first-order chi connectivity index (χ1) is 10.7. The molecule has 0 fully saturated rings. The quantitative estimate of drug-likeness (QED) is 0.354. The molecule has 0 aliphatic rings.